The number of carbonyl (C=O) groups is 1. The first kappa shape index (κ1) is 16.5. The molecule has 1 aromatic carbocycles. The Morgan fingerprint density at radius 1 is 1.12 bits per heavy atom. The molecule has 4 N–H and O–H groups in total. The summed E-state index contributed by atoms with van der Waals surface area (Å²) >= 11 is 0. The van der Waals surface area contributed by atoms with Gasteiger partial charge in [0.2, 0.25) is 17.5 Å². The Morgan fingerprint density at radius 3 is 2.38 bits per heavy atom. The number of amides is 1. The molecule has 12 heteroatoms. The highest BCUT2D eigenvalue weighted by Crippen LogP contribution is 2.25. The normalized spacial score (nSPS) is 10.0. The zero-order valence-electron chi connectivity index (χ0n) is 12.0. The molecular weight excluding hydrogens is 322 g/mol. The number of rotatable bonds is 6. The van der Waals surface area contributed by atoms with Gasteiger partial charge in [-0.3, -0.25) is 35.9 Å². The standard InChI is InChI=1S/C12H11N7O5/c13-11-10(19(23)24)12(15-6-14-11)17-16-9(20)5-7-1-3-8(4-2-7)18(21)22/h1-4,6H,5H2,(H,16,20)(H3,13,14,15,17). The molecule has 0 bridgehead atoms. The van der Waals surface area contributed by atoms with Crippen LogP contribution in [0.1, 0.15) is 5.56 Å². The Morgan fingerprint density at radius 2 is 1.79 bits per heavy atom. The first-order valence-electron chi connectivity index (χ1n) is 6.41. The minimum absolute atomic E-state index is 0.0932. The van der Waals surface area contributed by atoms with Gasteiger partial charge in [0.1, 0.15) is 6.33 Å². The average molecular weight is 333 g/mol. The zero-order valence-corrected chi connectivity index (χ0v) is 12.0. The third-order valence-corrected chi connectivity index (χ3v) is 2.87. The van der Waals surface area contributed by atoms with Gasteiger partial charge in [0.15, 0.2) is 0 Å². The molecule has 0 unspecified atom stereocenters. The van der Waals surface area contributed by atoms with E-state index in [9.17, 15) is 25.0 Å². The Balaban J connectivity index is 2.00. The van der Waals surface area contributed by atoms with Crippen LogP contribution in [0.4, 0.5) is 23.0 Å². The van der Waals surface area contributed by atoms with Crippen molar-refractivity contribution in [1.82, 2.24) is 15.4 Å². The molecule has 124 valence electrons. The van der Waals surface area contributed by atoms with Crippen LogP contribution in [0.3, 0.4) is 0 Å². The first-order valence-corrected chi connectivity index (χ1v) is 6.41. The van der Waals surface area contributed by atoms with Gasteiger partial charge in [-0.15, -0.1) is 0 Å². The number of hydrogen-bond acceptors (Lipinski definition) is 9. The van der Waals surface area contributed by atoms with Crippen LogP contribution in [0.2, 0.25) is 0 Å². The molecule has 0 aliphatic carbocycles. The topological polar surface area (TPSA) is 179 Å². The summed E-state index contributed by atoms with van der Waals surface area (Å²) in [4.78, 5) is 39.1. The number of benzene rings is 1. The molecule has 0 radical (unpaired) electrons. The van der Waals surface area contributed by atoms with E-state index in [1.54, 1.807) is 0 Å². The van der Waals surface area contributed by atoms with Gasteiger partial charge in [-0.05, 0) is 5.56 Å². The van der Waals surface area contributed by atoms with Crippen molar-refractivity contribution in [2.45, 2.75) is 6.42 Å². The minimum atomic E-state index is -0.778. The highest BCUT2D eigenvalue weighted by molar-refractivity contribution is 5.80. The van der Waals surface area contributed by atoms with Crippen molar-refractivity contribution in [1.29, 1.82) is 0 Å². The number of nitrogens with zero attached hydrogens (tertiary/aromatic N) is 4. The van der Waals surface area contributed by atoms with E-state index in [-0.39, 0.29) is 23.7 Å². The van der Waals surface area contributed by atoms with Gasteiger partial charge in [-0.2, -0.15) is 0 Å². The molecule has 0 aliphatic heterocycles. The van der Waals surface area contributed by atoms with Gasteiger partial charge in [-0.1, -0.05) is 12.1 Å². The van der Waals surface area contributed by atoms with E-state index in [1.165, 1.54) is 24.3 Å². The summed E-state index contributed by atoms with van der Waals surface area (Å²) in [6.07, 6.45) is 0.909. The average Bonchev–Trinajstić information content (AvgIpc) is 2.53. The number of anilines is 2. The quantitative estimate of drug-likeness (QED) is 0.502. The molecule has 1 heterocycles. The third kappa shape index (κ3) is 3.88. The van der Waals surface area contributed by atoms with E-state index in [2.05, 4.69) is 20.8 Å². The maximum atomic E-state index is 11.8. The van der Waals surface area contributed by atoms with E-state index in [4.69, 9.17) is 5.73 Å². The summed E-state index contributed by atoms with van der Waals surface area (Å²) in [5, 5.41) is 21.5. The maximum Gasteiger partial charge on any atom is 0.354 e. The number of aromatic nitrogens is 2. The SMILES string of the molecule is Nc1ncnc(NNC(=O)Cc2ccc([N+](=O)[O-])cc2)c1[N+](=O)[O-]. The van der Waals surface area contributed by atoms with Crippen molar-refractivity contribution in [3.05, 3.63) is 56.4 Å². The molecule has 1 amide bonds. The van der Waals surface area contributed by atoms with Crippen LogP contribution in [0.25, 0.3) is 0 Å². The largest absolute Gasteiger partial charge is 0.378 e. The second-order valence-corrected chi connectivity index (χ2v) is 4.49. The van der Waals surface area contributed by atoms with E-state index in [1.807, 2.05) is 0 Å². The molecule has 24 heavy (non-hydrogen) atoms. The summed E-state index contributed by atoms with van der Waals surface area (Å²) in [7, 11) is 0. The van der Waals surface area contributed by atoms with Crippen molar-refractivity contribution in [3.8, 4) is 0 Å². The fourth-order valence-electron chi connectivity index (χ4n) is 1.76. The first-order chi connectivity index (χ1) is 11.4. The van der Waals surface area contributed by atoms with Crippen molar-refractivity contribution in [2.75, 3.05) is 11.2 Å². The van der Waals surface area contributed by atoms with E-state index in [0.29, 0.717) is 5.56 Å². The highest BCUT2D eigenvalue weighted by atomic mass is 16.6. The number of nitrogens with one attached hydrogen (secondary N) is 2. The van der Waals surface area contributed by atoms with Gasteiger partial charge in [0.25, 0.3) is 5.69 Å². The zero-order chi connectivity index (χ0) is 17.7. The molecule has 12 nitrogen and oxygen atoms in total. The fraction of sp³-hybridized carbons (Fsp3) is 0.0833. The molecule has 1 aromatic heterocycles. The highest BCUT2D eigenvalue weighted by Gasteiger charge is 2.21. The number of non-ortho nitro benzene ring substituents is 1. The number of nitro groups is 2. The van der Waals surface area contributed by atoms with Crippen LogP contribution in [-0.4, -0.2) is 25.7 Å². The van der Waals surface area contributed by atoms with Crippen molar-refractivity contribution in [2.24, 2.45) is 0 Å². The second kappa shape index (κ2) is 6.95. The van der Waals surface area contributed by atoms with Crippen LogP contribution >= 0.6 is 0 Å². The van der Waals surface area contributed by atoms with Gasteiger partial charge >= 0.3 is 5.69 Å². The van der Waals surface area contributed by atoms with E-state index < -0.39 is 21.4 Å². The lowest BCUT2D eigenvalue weighted by Gasteiger charge is -2.08. The van der Waals surface area contributed by atoms with E-state index in [0.717, 1.165) is 6.33 Å². The molecule has 0 saturated heterocycles. The summed E-state index contributed by atoms with van der Waals surface area (Å²) in [5.41, 5.74) is 9.80. The summed E-state index contributed by atoms with van der Waals surface area (Å²) < 4.78 is 0. The maximum absolute atomic E-state index is 11.8. The van der Waals surface area contributed by atoms with Crippen LogP contribution in [0.15, 0.2) is 30.6 Å². The summed E-state index contributed by atoms with van der Waals surface area (Å²) in [6, 6.07) is 5.41. The van der Waals surface area contributed by atoms with Crippen LogP contribution in [-0.2, 0) is 11.2 Å². The number of hydrazine groups is 1. The lowest BCUT2D eigenvalue weighted by molar-refractivity contribution is -0.384. The molecule has 0 atom stereocenters. The number of carbonyl (C=O) groups excluding carboxylic acids is 1. The Hall–Kier alpha value is -3.83. The molecule has 0 saturated carbocycles. The summed E-state index contributed by atoms with van der Waals surface area (Å²) in [5.74, 6) is -1.14. The predicted molar refractivity (Wildman–Crippen MR) is 81.7 cm³/mol. The van der Waals surface area contributed by atoms with Crippen molar-refractivity contribution in [3.63, 3.8) is 0 Å². The lowest BCUT2D eigenvalue weighted by Crippen LogP contribution is -2.31. The Labute approximate surface area is 134 Å². The van der Waals surface area contributed by atoms with Gasteiger partial charge in [0.05, 0.1) is 16.3 Å². The van der Waals surface area contributed by atoms with Gasteiger partial charge in [0, 0.05) is 12.1 Å². The molecular formula is C12H11N7O5. The Bertz CT molecular complexity index is 793. The fourth-order valence-corrected chi connectivity index (χ4v) is 1.76. The molecule has 0 aliphatic rings. The predicted octanol–water partition coefficient (Wildman–Crippen LogP) is 0.561. The third-order valence-electron chi connectivity index (χ3n) is 2.87. The van der Waals surface area contributed by atoms with Crippen LogP contribution in [0.5, 0.6) is 0 Å². The van der Waals surface area contributed by atoms with Gasteiger partial charge < -0.3 is 5.73 Å². The molecule has 2 aromatic rings. The van der Waals surface area contributed by atoms with Crippen LogP contribution < -0.4 is 16.6 Å². The summed E-state index contributed by atoms with van der Waals surface area (Å²) in [6.45, 7) is 0. The smallest absolute Gasteiger partial charge is 0.354 e. The molecule has 0 fully saturated rings. The Kier molecular flexibility index (Phi) is 4.79. The van der Waals surface area contributed by atoms with Crippen LogP contribution in [0, 0.1) is 20.2 Å². The number of hydrogen-bond donors (Lipinski definition) is 3. The molecule has 2 rings (SSSR count). The minimum Gasteiger partial charge on any atom is -0.378 e. The van der Waals surface area contributed by atoms with Crippen molar-refractivity contribution < 1.29 is 14.6 Å². The second-order valence-electron chi connectivity index (χ2n) is 4.49. The van der Waals surface area contributed by atoms with Gasteiger partial charge in [-0.25, -0.2) is 9.97 Å². The number of nitrogens with two attached hydrogens (primary N) is 1. The molecule has 0 spiro atoms. The number of nitrogen functional groups attached to an aromatic ring is 1. The van der Waals surface area contributed by atoms with Crippen molar-refractivity contribution >= 4 is 28.9 Å². The monoisotopic (exact) mass is 333 g/mol. The lowest BCUT2D eigenvalue weighted by atomic mass is 10.1. The van der Waals surface area contributed by atoms with E-state index >= 15 is 0 Å². The number of nitro benzene ring substituents is 1.